The number of aryl methyl sites for hydroxylation is 1. The molecule has 1 heterocycles. The number of hydrogen-bond acceptors (Lipinski definition) is 3. The highest BCUT2D eigenvalue weighted by atomic mass is 19.4. The predicted octanol–water partition coefficient (Wildman–Crippen LogP) is 2.58. The van der Waals surface area contributed by atoms with E-state index >= 15 is 0 Å². The van der Waals surface area contributed by atoms with Crippen LogP contribution >= 0.6 is 0 Å². The normalized spacial score (nSPS) is 29.0. The van der Waals surface area contributed by atoms with Gasteiger partial charge in [0.1, 0.15) is 5.41 Å². The summed E-state index contributed by atoms with van der Waals surface area (Å²) in [6.45, 7) is 3.23. The van der Waals surface area contributed by atoms with Gasteiger partial charge in [-0.1, -0.05) is 17.7 Å². The van der Waals surface area contributed by atoms with Crippen molar-refractivity contribution in [1.82, 2.24) is 0 Å². The SMILES string of the molecule is CCOC(=O)C1C(C(F)(F)F)C12C(=O)N(C)c1ccc(C)cc12. The molecule has 0 bridgehead atoms. The van der Waals surface area contributed by atoms with E-state index in [9.17, 15) is 22.8 Å². The van der Waals surface area contributed by atoms with Gasteiger partial charge in [0.05, 0.1) is 18.4 Å². The molecule has 1 aromatic carbocycles. The quantitative estimate of drug-likeness (QED) is 0.785. The molecule has 3 unspecified atom stereocenters. The zero-order chi connectivity index (χ0) is 17.2. The summed E-state index contributed by atoms with van der Waals surface area (Å²) in [4.78, 5) is 25.9. The number of nitrogens with zero attached hydrogens (tertiary/aromatic N) is 1. The van der Waals surface area contributed by atoms with Gasteiger partial charge >= 0.3 is 12.1 Å². The van der Waals surface area contributed by atoms with E-state index in [1.807, 2.05) is 0 Å². The van der Waals surface area contributed by atoms with Crippen LogP contribution in [-0.2, 0) is 19.7 Å². The van der Waals surface area contributed by atoms with E-state index in [-0.39, 0.29) is 12.2 Å². The number of carbonyl (C=O) groups is 2. The third kappa shape index (κ3) is 1.91. The summed E-state index contributed by atoms with van der Waals surface area (Å²) >= 11 is 0. The highest BCUT2D eigenvalue weighted by molar-refractivity contribution is 6.14. The average Bonchev–Trinajstić information content (AvgIpc) is 3.12. The number of benzene rings is 1. The Morgan fingerprint density at radius 1 is 1.39 bits per heavy atom. The molecule has 2 aliphatic rings. The zero-order valence-electron chi connectivity index (χ0n) is 12.9. The molecule has 4 nitrogen and oxygen atoms in total. The number of fused-ring (bicyclic) bond motifs is 2. The van der Waals surface area contributed by atoms with Gasteiger partial charge in [-0.3, -0.25) is 9.59 Å². The Labute approximate surface area is 131 Å². The van der Waals surface area contributed by atoms with Crippen molar-refractivity contribution in [2.45, 2.75) is 25.4 Å². The molecule has 0 N–H and O–H groups in total. The Balaban J connectivity index is 2.18. The van der Waals surface area contributed by atoms with Gasteiger partial charge in [-0.05, 0) is 25.5 Å². The monoisotopic (exact) mass is 327 g/mol. The number of rotatable bonds is 2. The number of esters is 1. The average molecular weight is 327 g/mol. The largest absolute Gasteiger partial charge is 0.466 e. The number of amides is 1. The van der Waals surface area contributed by atoms with Crippen LogP contribution in [0.5, 0.6) is 0 Å². The van der Waals surface area contributed by atoms with E-state index in [1.165, 1.54) is 18.9 Å². The Morgan fingerprint density at radius 2 is 2.04 bits per heavy atom. The fourth-order valence-electron chi connectivity index (χ4n) is 3.77. The number of hydrogen-bond donors (Lipinski definition) is 0. The molecule has 1 aliphatic heterocycles. The lowest BCUT2D eigenvalue weighted by Gasteiger charge is -2.12. The van der Waals surface area contributed by atoms with E-state index in [0.29, 0.717) is 5.69 Å². The summed E-state index contributed by atoms with van der Waals surface area (Å²) in [5, 5.41) is 0. The Kier molecular flexibility index (Phi) is 3.25. The van der Waals surface area contributed by atoms with Crippen LogP contribution in [-0.4, -0.2) is 31.7 Å². The first-order valence-electron chi connectivity index (χ1n) is 7.30. The Hall–Kier alpha value is -2.05. The molecule has 0 aromatic heterocycles. The fourth-order valence-corrected chi connectivity index (χ4v) is 3.77. The molecule has 1 fully saturated rings. The third-order valence-electron chi connectivity index (χ3n) is 4.72. The van der Waals surface area contributed by atoms with E-state index in [1.54, 1.807) is 25.1 Å². The molecular formula is C16H16F3NO3. The summed E-state index contributed by atoms with van der Waals surface area (Å²) in [6.07, 6.45) is -4.65. The second kappa shape index (κ2) is 4.72. The van der Waals surface area contributed by atoms with Crippen molar-refractivity contribution in [3.63, 3.8) is 0 Å². The highest BCUT2D eigenvalue weighted by Gasteiger charge is 2.85. The van der Waals surface area contributed by atoms with Crippen LogP contribution in [0, 0.1) is 18.8 Å². The van der Waals surface area contributed by atoms with Gasteiger partial charge in [-0.15, -0.1) is 0 Å². The summed E-state index contributed by atoms with van der Waals surface area (Å²) in [5.41, 5.74) is -0.450. The minimum absolute atomic E-state index is 0.0271. The first kappa shape index (κ1) is 15.8. The highest BCUT2D eigenvalue weighted by Crippen LogP contribution is 2.70. The molecule has 3 atom stereocenters. The van der Waals surface area contributed by atoms with Crippen molar-refractivity contribution in [3.8, 4) is 0 Å². The first-order chi connectivity index (χ1) is 10.7. The topological polar surface area (TPSA) is 46.6 Å². The van der Waals surface area contributed by atoms with Crippen LogP contribution in [0.15, 0.2) is 18.2 Å². The maximum Gasteiger partial charge on any atom is 0.394 e. The number of carbonyl (C=O) groups excluding carboxylic acids is 2. The summed E-state index contributed by atoms with van der Waals surface area (Å²) in [5.74, 6) is -5.21. The Morgan fingerprint density at radius 3 is 2.61 bits per heavy atom. The molecule has 1 aliphatic carbocycles. The molecule has 23 heavy (non-hydrogen) atoms. The van der Waals surface area contributed by atoms with Crippen LogP contribution in [0.2, 0.25) is 0 Å². The minimum Gasteiger partial charge on any atom is -0.466 e. The van der Waals surface area contributed by atoms with Gasteiger partial charge in [0.2, 0.25) is 5.91 Å². The summed E-state index contributed by atoms with van der Waals surface area (Å²) in [6, 6.07) is 4.91. The molecule has 124 valence electrons. The van der Waals surface area contributed by atoms with Crippen molar-refractivity contribution in [1.29, 1.82) is 0 Å². The predicted molar refractivity (Wildman–Crippen MR) is 75.9 cm³/mol. The van der Waals surface area contributed by atoms with Crippen molar-refractivity contribution < 1.29 is 27.5 Å². The molecule has 1 spiro atoms. The van der Waals surface area contributed by atoms with Crippen molar-refractivity contribution in [2.75, 3.05) is 18.6 Å². The third-order valence-corrected chi connectivity index (χ3v) is 4.72. The number of ether oxygens (including phenoxy) is 1. The van der Waals surface area contributed by atoms with Crippen LogP contribution < -0.4 is 4.90 Å². The van der Waals surface area contributed by atoms with Gasteiger partial charge in [0, 0.05) is 12.7 Å². The van der Waals surface area contributed by atoms with Crippen molar-refractivity contribution in [2.24, 2.45) is 11.8 Å². The fraction of sp³-hybridized carbons (Fsp3) is 0.500. The van der Waals surface area contributed by atoms with Crippen LogP contribution in [0.3, 0.4) is 0 Å². The van der Waals surface area contributed by atoms with Crippen LogP contribution in [0.4, 0.5) is 18.9 Å². The number of alkyl halides is 3. The lowest BCUT2D eigenvalue weighted by atomic mass is 9.91. The van der Waals surface area contributed by atoms with Crippen molar-refractivity contribution in [3.05, 3.63) is 29.3 Å². The molecule has 1 aromatic rings. The van der Waals surface area contributed by atoms with Gasteiger partial charge in [-0.2, -0.15) is 13.2 Å². The first-order valence-corrected chi connectivity index (χ1v) is 7.30. The molecule has 0 radical (unpaired) electrons. The lowest BCUT2D eigenvalue weighted by Crippen LogP contribution is -2.33. The van der Waals surface area contributed by atoms with Gasteiger partial charge in [0.25, 0.3) is 0 Å². The minimum atomic E-state index is -4.65. The van der Waals surface area contributed by atoms with Crippen LogP contribution in [0.1, 0.15) is 18.1 Å². The van der Waals surface area contributed by atoms with E-state index < -0.39 is 35.3 Å². The zero-order valence-corrected chi connectivity index (χ0v) is 12.9. The van der Waals surface area contributed by atoms with Crippen molar-refractivity contribution >= 4 is 17.6 Å². The number of anilines is 1. The van der Waals surface area contributed by atoms with E-state index in [2.05, 4.69) is 0 Å². The second-order valence-electron chi connectivity index (χ2n) is 6.00. The van der Waals surface area contributed by atoms with Gasteiger partial charge < -0.3 is 9.64 Å². The van der Waals surface area contributed by atoms with Gasteiger partial charge in [0.15, 0.2) is 0 Å². The van der Waals surface area contributed by atoms with Crippen LogP contribution in [0.25, 0.3) is 0 Å². The maximum atomic E-state index is 13.5. The summed E-state index contributed by atoms with van der Waals surface area (Å²) in [7, 11) is 1.43. The molecule has 1 amide bonds. The van der Waals surface area contributed by atoms with E-state index in [0.717, 1.165) is 5.56 Å². The maximum absolute atomic E-state index is 13.5. The smallest absolute Gasteiger partial charge is 0.394 e. The number of likely N-dealkylation sites (N-methyl/N-ethyl adjacent to an activating group) is 1. The van der Waals surface area contributed by atoms with E-state index in [4.69, 9.17) is 4.74 Å². The Bertz CT molecular complexity index is 700. The molecule has 0 saturated heterocycles. The lowest BCUT2D eigenvalue weighted by molar-refractivity contribution is -0.164. The number of halogens is 3. The van der Waals surface area contributed by atoms with Gasteiger partial charge in [-0.25, -0.2) is 0 Å². The second-order valence-corrected chi connectivity index (χ2v) is 6.00. The molecule has 7 heteroatoms. The molecular weight excluding hydrogens is 311 g/mol. The molecule has 3 rings (SSSR count). The standard InChI is InChI=1S/C16H16F3NO3/c1-4-23-13(21)11-12(16(17,18)19)15(11)9-7-8(2)5-6-10(9)20(3)14(15)22/h5-7,11-12H,4H2,1-3H3. The molecule has 1 saturated carbocycles. The summed E-state index contributed by atoms with van der Waals surface area (Å²) < 4.78 is 45.3.